The summed E-state index contributed by atoms with van der Waals surface area (Å²) in [6, 6.07) is 5.24. The van der Waals surface area contributed by atoms with Crippen molar-refractivity contribution in [2.45, 2.75) is 13.0 Å². The molecule has 1 aromatic rings. The van der Waals surface area contributed by atoms with Gasteiger partial charge in [0.05, 0.1) is 7.11 Å². The van der Waals surface area contributed by atoms with Gasteiger partial charge < -0.3 is 15.6 Å². The molecule has 0 aliphatic carbocycles. The molecule has 3 N–H and O–H groups in total. The predicted octanol–water partition coefficient (Wildman–Crippen LogP) is 0.522. The topological polar surface area (TPSA) is 72.6 Å². The fourth-order valence-corrected chi connectivity index (χ4v) is 1.32. The number of methoxy groups -OCH3 is 1. The fourth-order valence-electron chi connectivity index (χ4n) is 1.32. The van der Waals surface area contributed by atoms with E-state index in [9.17, 15) is 9.90 Å². The van der Waals surface area contributed by atoms with E-state index in [4.69, 9.17) is 10.5 Å². The number of ether oxygens (including phenoxy) is 1. The molecule has 1 atom stereocenters. The average Bonchev–Trinajstić information content (AvgIpc) is 2.16. The summed E-state index contributed by atoms with van der Waals surface area (Å²) in [6.07, 6.45) is -1.31. The molecule has 0 radical (unpaired) electrons. The standard InChI is InChI=1S/C10H13NO3/c1-6-4-3-5-7(14-2)8(6)9(12)10(11)13/h3-5,9,12H,1-2H3,(H2,11,13). The minimum Gasteiger partial charge on any atom is -0.496 e. The van der Waals surface area contributed by atoms with Crippen molar-refractivity contribution in [1.82, 2.24) is 0 Å². The first-order valence-electron chi connectivity index (χ1n) is 4.18. The number of aryl methyl sites for hydroxylation is 1. The fraction of sp³-hybridized carbons (Fsp3) is 0.300. The molecule has 0 saturated heterocycles. The van der Waals surface area contributed by atoms with Gasteiger partial charge in [-0.15, -0.1) is 0 Å². The van der Waals surface area contributed by atoms with Crippen molar-refractivity contribution < 1.29 is 14.6 Å². The maximum atomic E-state index is 10.8. The third-order valence-corrected chi connectivity index (χ3v) is 2.05. The quantitative estimate of drug-likeness (QED) is 0.738. The summed E-state index contributed by atoms with van der Waals surface area (Å²) in [5.74, 6) is -0.311. The number of aliphatic hydroxyl groups is 1. The van der Waals surface area contributed by atoms with Crippen molar-refractivity contribution in [3.8, 4) is 5.75 Å². The normalized spacial score (nSPS) is 12.2. The number of aliphatic hydroxyl groups excluding tert-OH is 1. The molecule has 1 aromatic carbocycles. The zero-order chi connectivity index (χ0) is 10.7. The molecular formula is C10H13NO3. The molecular weight excluding hydrogens is 182 g/mol. The molecule has 4 nitrogen and oxygen atoms in total. The van der Waals surface area contributed by atoms with Gasteiger partial charge in [0, 0.05) is 5.56 Å². The molecule has 0 aromatic heterocycles. The summed E-state index contributed by atoms with van der Waals surface area (Å²) in [5, 5.41) is 9.54. The van der Waals surface area contributed by atoms with Crippen LogP contribution in [-0.4, -0.2) is 18.1 Å². The second-order valence-electron chi connectivity index (χ2n) is 3.00. The lowest BCUT2D eigenvalue weighted by molar-refractivity contribution is -0.126. The highest BCUT2D eigenvalue weighted by atomic mass is 16.5. The van der Waals surface area contributed by atoms with Crippen molar-refractivity contribution in [2.75, 3.05) is 7.11 Å². The smallest absolute Gasteiger partial charge is 0.251 e. The highest BCUT2D eigenvalue weighted by Crippen LogP contribution is 2.27. The third kappa shape index (κ3) is 1.85. The van der Waals surface area contributed by atoms with Crippen LogP contribution in [0.25, 0.3) is 0 Å². The van der Waals surface area contributed by atoms with Crippen molar-refractivity contribution in [3.63, 3.8) is 0 Å². The molecule has 0 heterocycles. The van der Waals surface area contributed by atoms with Gasteiger partial charge in [-0.05, 0) is 18.6 Å². The summed E-state index contributed by atoms with van der Waals surface area (Å²) < 4.78 is 5.03. The van der Waals surface area contributed by atoms with Crippen LogP contribution in [0, 0.1) is 6.92 Å². The van der Waals surface area contributed by atoms with Gasteiger partial charge in [-0.2, -0.15) is 0 Å². The van der Waals surface area contributed by atoms with Gasteiger partial charge in [0.1, 0.15) is 5.75 Å². The van der Waals surface area contributed by atoms with Crippen LogP contribution in [0.2, 0.25) is 0 Å². The van der Waals surface area contributed by atoms with E-state index in [0.29, 0.717) is 11.3 Å². The summed E-state index contributed by atoms with van der Waals surface area (Å²) >= 11 is 0. The van der Waals surface area contributed by atoms with Gasteiger partial charge in [0.15, 0.2) is 6.10 Å². The number of carbonyl (C=O) groups is 1. The van der Waals surface area contributed by atoms with E-state index in [0.717, 1.165) is 5.56 Å². The first-order valence-corrected chi connectivity index (χ1v) is 4.18. The summed E-state index contributed by atoms with van der Waals surface area (Å²) in [6.45, 7) is 1.78. The summed E-state index contributed by atoms with van der Waals surface area (Å²) in [5.41, 5.74) is 6.22. The summed E-state index contributed by atoms with van der Waals surface area (Å²) in [7, 11) is 1.48. The second-order valence-corrected chi connectivity index (χ2v) is 3.00. The lowest BCUT2D eigenvalue weighted by Gasteiger charge is -2.14. The molecule has 14 heavy (non-hydrogen) atoms. The Kier molecular flexibility index (Phi) is 3.09. The SMILES string of the molecule is COc1cccc(C)c1C(O)C(N)=O. The highest BCUT2D eigenvalue weighted by Gasteiger charge is 2.20. The van der Waals surface area contributed by atoms with E-state index < -0.39 is 12.0 Å². The Hall–Kier alpha value is -1.55. The Bertz CT molecular complexity index is 349. The Morgan fingerprint density at radius 3 is 2.71 bits per heavy atom. The predicted molar refractivity (Wildman–Crippen MR) is 51.9 cm³/mol. The highest BCUT2D eigenvalue weighted by molar-refractivity contribution is 5.81. The van der Waals surface area contributed by atoms with E-state index >= 15 is 0 Å². The number of benzene rings is 1. The van der Waals surface area contributed by atoms with Gasteiger partial charge >= 0.3 is 0 Å². The second kappa shape index (κ2) is 4.11. The molecule has 0 aliphatic heterocycles. The van der Waals surface area contributed by atoms with Gasteiger partial charge in [-0.3, -0.25) is 4.79 Å². The zero-order valence-electron chi connectivity index (χ0n) is 8.15. The first kappa shape index (κ1) is 10.5. The average molecular weight is 195 g/mol. The molecule has 0 fully saturated rings. The van der Waals surface area contributed by atoms with Gasteiger partial charge in [-0.1, -0.05) is 12.1 Å². The molecule has 0 saturated carbocycles. The first-order chi connectivity index (χ1) is 6.57. The zero-order valence-corrected chi connectivity index (χ0v) is 8.15. The lowest BCUT2D eigenvalue weighted by Crippen LogP contribution is -2.22. The summed E-state index contributed by atoms with van der Waals surface area (Å²) in [4.78, 5) is 10.8. The Labute approximate surface area is 82.3 Å². The molecule has 0 spiro atoms. The van der Waals surface area contributed by atoms with Crippen LogP contribution in [0.15, 0.2) is 18.2 Å². The van der Waals surface area contributed by atoms with Gasteiger partial charge in [0.2, 0.25) is 0 Å². The molecule has 4 heteroatoms. The largest absolute Gasteiger partial charge is 0.496 e. The number of hydrogen-bond donors (Lipinski definition) is 2. The lowest BCUT2D eigenvalue weighted by atomic mass is 10.0. The molecule has 0 aliphatic rings. The minimum absolute atomic E-state index is 0.433. The number of rotatable bonds is 3. The van der Waals surface area contributed by atoms with Crippen molar-refractivity contribution in [3.05, 3.63) is 29.3 Å². The Balaban J connectivity index is 3.23. The van der Waals surface area contributed by atoms with Crippen LogP contribution in [0.4, 0.5) is 0 Å². The van der Waals surface area contributed by atoms with Crippen molar-refractivity contribution in [1.29, 1.82) is 0 Å². The number of carbonyl (C=O) groups excluding carboxylic acids is 1. The number of nitrogens with two attached hydrogens (primary N) is 1. The van der Waals surface area contributed by atoms with Crippen LogP contribution in [0.3, 0.4) is 0 Å². The van der Waals surface area contributed by atoms with Crippen LogP contribution in [0.1, 0.15) is 17.2 Å². The van der Waals surface area contributed by atoms with Crippen LogP contribution in [-0.2, 0) is 4.79 Å². The van der Waals surface area contributed by atoms with Crippen LogP contribution >= 0.6 is 0 Å². The molecule has 76 valence electrons. The number of amides is 1. The van der Waals surface area contributed by atoms with Gasteiger partial charge in [-0.25, -0.2) is 0 Å². The molecule has 1 rings (SSSR count). The maximum Gasteiger partial charge on any atom is 0.251 e. The maximum absolute atomic E-state index is 10.8. The third-order valence-electron chi connectivity index (χ3n) is 2.05. The van der Waals surface area contributed by atoms with Crippen molar-refractivity contribution in [2.24, 2.45) is 5.73 Å². The van der Waals surface area contributed by atoms with Crippen LogP contribution in [0.5, 0.6) is 5.75 Å². The minimum atomic E-state index is -1.31. The monoisotopic (exact) mass is 195 g/mol. The Morgan fingerprint density at radius 1 is 1.57 bits per heavy atom. The number of primary amides is 1. The molecule has 0 bridgehead atoms. The van der Waals surface area contributed by atoms with E-state index in [1.54, 1.807) is 25.1 Å². The molecule has 1 amide bonds. The molecule has 1 unspecified atom stereocenters. The number of hydrogen-bond acceptors (Lipinski definition) is 3. The van der Waals surface area contributed by atoms with E-state index in [1.165, 1.54) is 7.11 Å². The van der Waals surface area contributed by atoms with E-state index in [1.807, 2.05) is 0 Å². The Morgan fingerprint density at radius 2 is 2.21 bits per heavy atom. The van der Waals surface area contributed by atoms with E-state index in [2.05, 4.69) is 0 Å². The van der Waals surface area contributed by atoms with Gasteiger partial charge in [0.25, 0.3) is 5.91 Å². The van der Waals surface area contributed by atoms with Crippen molar-refractivity contribution >= 4 is 5.91 Å². The van der Waals surface area contributed by atoms with E-state index in [-0.39, 0.29) is 0 Å². The van der Waals surface area contributed by atoms with Crippen LogP contribution < -0.4 is 10.5 Å².